The predicted molar refractivity (Wildman–Crippen MR) is 49.1 cm³/mol. The van der Waals surface area contributed by atoms with Crippen LogP contribution in [0.4, 0.5) is 4.79 Å². The third-order valence-corrected chi connectivity index (χ3v) is 1.90. The summed E-state index contributed by atoms with van der Waals surface area (Å²) in [6.07, 6.45) is 0. The van der Waals surface area contributed by atoms with Gasteiger partial charge in [0.1, 0.15) is 0 Å². The smallest absolute Gasteiger partial charge is 0.308 e. The normalized spacial score (nSPS) is 25.6. The highest BCUT2D eigenvalue weighted by atomic mass is 16.7. The lowest BCUT2D eigenvalue weighted by atomic mass is 10.0. The molecule has 0 aromatic heterocycles. The molecular weight excluding hydrogens is 202 g/mol. The first-order valence-corrected chi connectivity index (χ1v) is 4.12. The predicted octanol–water partition coefficient (Wildman–Crippen LogP) is -0.834. The fraction of sp³-hybridized carbons (Fsp3) is 0.375. The van der Waals surface area contributed by atoms with E-state index in [1.54, 1.807) is 0 Å². The van der Waals surface area contributed by atoms with Crippen molar-refractivity contribution in [3.05, 3.63) is 12.3 Å². The number of carbonyl (C=O) groups excluding carboxylic acids is 3. The lowest BCUT2D eigenvalue weighted by Gasteiger charge is -2.33. The number of hydroxylamine groups is 1. The molecule has 4 amide bonds. The van der Waals surface area contributed by atoms with Crippen molar-refractivity contribution in [2.24, 2.45) is 0 Å². The highest BCUT2D eigenvalue weighted by Gasteiger charge is 2.44. The summed E-state index contributed by atoms with van der Waals surface area (Å²) in [4.78, 5) is 37.8. The van der Waals surface area contributed by atoms with Crippen LogP contribution in [-0.2, 0) is 14.4 Å². The summed E-state index contributed by atoms with van der Waals surface area (Å²) >= 11 is 0. The molecule has 82 valence electrons. The minimum atomic E-state index is -1.50. The first-order chi connectivity index (χ1) is 6.86. The molecule has 0 radical (unpaired) electrons. The van der Waals surface area contributed by atoms with Gasteiger partial charge in [0.2, 0.25) is 11.5 Å². The van der Waals surface area contributed by atoms with Crippen LogP contribution in [0.25, 0.3) is 0 Å². The molecule has 15 heavy (non-hydrogen) atoms. The van der Waals surface area contributed by atoms with Crippen molar-refractivity contribution < 1.29 is 19.2 Å². The SMILES string of the molecule is C=C1NC(=O)NC(=O)C1(C)ONC(C)=O. The number of hydrogen-bond donors (Lipinski definition) is 3. The monoisotopic (exact) mass is 213 g/mol. The Morgan fingerprint density at radius 2 is 2.07 bits per heavy atom. The van der Waals surface area contributed by atoms with Crippen LogP contribution in [0.3, 0.4) is 0 Å². The van der Waals surface area contributed by atoms with Crippen LogP contribution in [0.5, 0.6) is 0 Å². The van der Waals surface area contributed by atoms with Crippen LogP contribution in [0.1, 0.15) is 13.8 Å². The highest BCUT2D eigenvalue weighted by molar-refractivity contribution is 6.04. The van der Waals surface area contributed by atoms with E-state index in [9.17, 15) is 14.4 Å². The third kappa shape index (κ3) is 2.13. The molecule has 0 aliphatic carbocycles. The van der Waals surface area contributed by atoms with Gasteiger partial charge in [-0.05, 0) is 6.92 Å². The van der Waals surface area contributed by atoms with Gasteiger partial charge in [-0.1, -0.05) is 6.58 Å². The van der Waals surface area contributed by atoms with Crippen LogP contribution in [0.15, 0.2) is 12.3 Å². The molecule has 7 heteroatoms. The molecule has 0 aromatic carbocycles. The number of rotatable bonds is 2. The molecule has 1 aliphatic heterocycles. The Hall–Kier alpha value is -1.89. The van der Waals surface area contributed by atoms with Crippen LogP contribution in [-0.4, -0.2) is 23.4 Å². The summed E-state index contributed by atoms with van der Waals surface area (Å²) < 4.78 is 0. The Labute approximate surface area is 85.8 Å². The molecule has 1 heterocycles. The van der Waals surface area contributed by atoms with Crippen LogP contribution in [0.2, 0.25) is 0 Å². The average Bonchev–Trinajstić information content (AvgIpc) is 2.11. The molecule has 1 fully saturated rings. The molecule has 1 atom stereocenters. The van der Waals surface area contributed by atoms with E-state index < -0.39 is 23.4 Å². The summed E-state index contributed by atoms with van der Waals surface area (Å²) in [6.45, 7) is 6.08. The maximum atomic E-state index is 11.4. The quantitative estimate of drug-likeness (QED) is 0.521. The third-order valence-electron chi connectivity index (χ3n) is 1.90. The lowest BCUT2D eigenvalue weighted by molar-refractivity contribution is -0.158. The van der Waals surface area contributed by atoms with Crippen molar-refractivity contribution in [3.63, 3.8) is 0 Å². The number of nitrogens with one attached hydrogen (secondary N) is 3. The van der Waals surface area contributed by atoms with E-state index >= 15 is 0 Å². The summed E-state index contributed by atoms with van der Waals surface area (Å²) in [5, 5.41) is 4.28. The zero-order chi connectivity index (χ0) is 11.6. The van der Waals surface area contributed by atoms with Crippen molar-refractivity contribution in [2.75, 3.05) is 0 Å². The fourth-order valence-corrected chi connectivity index (χ4v) is 0.929. The number of imide groups is 1. The second kappa shape index (κ2) is 3.70. The molecule has 0 spiro atoms. The molecule has 7 nitrogen and oxygen atoms in total. The Morgan fingerprint density at radius 3 is 2.53 bits per heavy atom. The summed E-state index contributed by atoms with van der Waals surface area (Å²) in [7, 11) is 0. The molecule has 1 saturated heterocycles. The van der Waals surface area contributed by atoms with Crippen molar-refractivity contribution >= 4 is 17.8 Å². The van der Waals surface area contributed by atoms with Crippen molar-refractivity contribution in [1.82, 2.24) is 16.1 Å². The molecule has 0 aromatic rings. The standard InChI is InChI=1S/C8H11N3O4/c1-4-8(3,15-11-5(2)12)6(13)10-7(14)9-4/h1H2,2-3H3,(H,11,12)(H2,9,10,13,14). The zero-order valence-corrected chi connectivity index (χ0v) is 8.34. The Kier molecular flexibility index (Phi) is 2.76. The van der Waals surface area contributed by atoms with E-state index in [0.29, 0.717) is 0 Å². The Balaban J connectivity index is 2.80. The number of carbonyl (C=O) groups is 3. The zero-order valence-electron chi connectivity index (χ0n) is 8.34. The van der Waals surface area contributed by atoms with Crippen LogP contribution < -0.4 is 16.1 Å². The van der Waals surface area contributed by atoms with E-state index in [-0.39, 0.29) is 5.70 Å². The number of hydrogen-bond acceptors (Lipinski definition) is 4. The van der Waals surface area contributed by atoms with E-state index in [2.05, 4.69) is 11.9 Å². The Morgan fingerprint density at radius 1 is 1.47 bits per heavy atom. The van der Waals surface area contributed by atoms with Gasteiger partial charge in [-0.2, -0.15) is 0 Å². The van der Waals surface area contributed by atoms with Crippen molar-refractivity contribution in [2.45, 2.75) is 19.4 Å². The second-order valence-corrected chi connectivity index (χ2v) is 3.18. The van der Waals surface area contributed by atoms with E-state index in [1.165, 1.54) is 13.8 Å². The second-order valence-electron chi connectivity index (χ2n) is 3.18. The van der Waals surface area contributed by atoms with Crippen LogP contribution >= 0.6 is 0 Å². The largest absolute Gasteiger partial charge is 0.325 e. The average molecular weight is 213 g/mol. The van der Waals surface area contributed by atoms with Gasteiger partial charge in [0.05, 0.1) is 5.70 Å². The lowest BCUT2D eigenvalue weighted by Crippen LogP contribution is -2.62. The fourth-order valence-electron chi connectivity index (χ4n) is 0.929. The molecule has 0 saturated carbocycles. The summed E-state index contributed by atoms with van der Waals surface area (Å²) in [5.74, 6) is -1.15. The summed E-state index contributed by atoms with van der Waals surface area (Å²) in [6, 6.07) is -0.672. The Bertz CT molecular complexity index is 330. The maximum Gasteiger partial charge on any atom is 0.325 e. The highest BCUT2D eigenvalue weighted by Crippen LogP contribution is 2.19. The van der Waals surface area contributed by atoms with Crippen LogP contribution in [0, 0.1) is 0 Å². The summed E-state index contributed by atoms with van der Waals surface area (Å²) in [5.41, 5.74) is 0.579. The van der Waals surface area contributed by atoms with Gasteiger partial charge in [0.25, 0.3) is 5.91 Å². The van der Waals surface area contributed by atoms with Crippen molar-refractivity contribution in [3.8, 4) is 0 Å². The first kappa shape index (κ1) is 11.2. The number of urea groups is 1. The van der Waals surface area contributed by atoms with E-state index in [0.717, 1.165) is 0 Å². The van der Waals surface area contributed by atoms with Crippen molar-refractivity contribution in [1.29, 1.82) is 0 Å². The van der Waals surface area contributed by atoms with E-state index in [1.807, 2.05) is 10.8 Å². The maximum absolute atomic E-state index is 11.4. The first-order valence-electron chi connectivity index (χ1n) is 4.12. The van der Waals surface area contributed by atoms with Gasteiger partial charge in [-0.15, -0.1) is 0 Å². The van der Waals surface area contributed by atoms with Gasteiger partial charge >= 0.3 is 6.03 Å². The minimum absolute atomic E-state index is 0.0602. The number of amides is 4. The van der Waals surface area contributed by atoms with Gasteiger partial charge in [-0.25, -0.2) is 10.3 Å². The molecule has 1 aliphatic rings. The minimum Gasteiger partial charge on any atom is -0.308 e. The van der Waals surface area contributed by atoms with Gasteiger partial charge < -0.3 is 5.32 Å². The molecule has 3 N–H and O–H groups in total. The molecule has 1 rings (SSSR count). The molecule has 0 bridgehead atoms. The van der Waals surface area contributed by atoms with Gasteiger partial charge in [0, 0.05) is 6.92 Å². The van der Waals surface area contributed by atoms with Gasteiger partial charge in [0.15, 0.2) is 0 Å². The van der Waals surface area contributed by atoms with Gasteiger partial charge in [-0.3, -0.25) is 19.7 Å². The van der Waals surface area contributed by atoms with E-state index in [4.69, 9.17) is 4.84 Å². The molecular formula is C8H11N3O4. The topological polar surface area (TPSA) is 96.5 Å². The molecule has 1 unspecified atom stereocenters.